The number of nitrogens with two attached hydrogens (primary N) is 1. The van der Waals surface area contributed by atoms with E-state index < -0.39 is 6.10 Å². The molecule has 0 radical (unpaired) electrons. The fourth-order valence-electron chi connectivity index (χ4n) is 5.03. The number of aliphatic hydroxyl groups is 2. The normalized spacial score (nSPS) is 26.6. The van der Waals surface area contributed by atoms with E-state index in [4.69, 9.17) is 10.3 Å². The Kier molecular flexibility index (Phi) is 3.40. The molecule has 8 nitrogen and oxygen atoms in total. The molecule has 8 heteroatoms. The van der Waals surface area contributed by atoms with Gasteiger partial charge in [-0.05, 0) is 44.4 Å². The molecule has 2 saturated carbocycles. The van der Waals surface area contributed by atoms with Crippen LogP contribution in [0, 0.1) is 5.92 Å². The predicted molar refractivity (Wildman–Crippen MR) is 102 cm³/mol. The highest BCUT2D eigenvalue weighted by atomic mass is 16.5. The molecule has 0 aromatic carbocycles. The van der Waals surface area contributed by atoms with Crippen molar-refractivity contribution in [2.75, 3.05) is 12.3 Å². The standard InChI is InChI=1S/C20H23N5O3/c21-19-16-14-12(25(20(16)23-8-22-19)11-5-9(6-11)7-26)3-4-13(27)15-17(14)24-28-18(15)10-1-2-10/h8-11,13,26-27H,1-7H2,(H2,21,22,23)/t9-,11-,13?. The maximum Gasteiger partial charge on any atom is 0.146 e. The van der Waals surface area contributed by atoms with Gasteiger partial charge in [0.15, 0.2) is 0 Å². The summed E-state index contributed by atoms with van der Waals surface area (Å²) in [5.74, 6) is 1.95. The van der Waals surface area contributed by atoms with E-state index in [1.165, 1.54) is 6.33 Å². The molecule has 4 N–H and O–H groups in total. The van der Waals surface area contributed by atoms with Gasteiger partial charge in [-0.3, -0.25) is 0 Å². The highest BCUT2D eigenvalue weighted by Gasteiger charge is 2.41. The van der Waals surface area contributed by atoms with Gasteiger partial charge in [-0.1, -0.05) is 5.16 Å². The summed E-state index contributed by atoms with van der Waals surface area (Å²) in [6.07, 6.45) is 6.23. The number of fused-ring (bicyclic) bond motifs is 5. The average molecular weight is 381 g/mol. The fourth-order valence-corrected chi connectivity index (χ4v) is 5.03. The van der Waals surface area contributed by atoms with Crippen LogP contribution < -0.4 is 5.73 Å². The Morgan fingerprint density at radius 2 is 2.04 bits per heavy atom. The molecular formula is C20H23N5O3. The molecule has 3 aromatic rings. The van der Waals surface area contributed by atoms with E-state index in [9.17, 15) is 10.2 Å². The molecule has 0 aliphatic heterocycles. The van der Waals surface area contributed by atoms with Crippen LogP contribution in [0.2, 0.25) is 0 Å². The molecule has 1 atom stereocenters. The van der Waals surface area contributed by atoms with Gasteiger partial charge in [0.1, 0.15) is 29.2 Å². The van der Waals surface area contributed by atoms with E-state index in [1.807, 2.05) is 0 Å². The zero-order chi connectivity index (χ0) is 19.0. The Morgan fingerprint density at radius 1 is 1.21 bits per heavy atom. The van der Waals surface area contributed by atoms with Crippen molar-refractivity contribution in [1.82, 2.24) is 19.7 Å². The van der Waals surface area contributed by atoms with Gasteiger partial charge in [0.05, 0.1) is 17.1 Å². The summed E-state index contributed by atoms with van der Waals surface area (Å²) in [7, 11) is 0. The lowest BCUT2D eigenvalue weighted by molar-refractivity contribution is 0.112. The van der Waals surface area contributed by atoms with Crippen LogP contribution >= 0.6 is 0 Å². The smallest absolute Gasteiger partial charge is 0.146 e. The monoisotopic (exact) mass is 381 g/mol. The molecule has 146 valence electrons. The Morgan fingerprint density at radius 3 is 2.79 bits per heavy atom. The van der Waals surface area contributed by atoms with Crippen molar-refractivity contribution >= 4 is 16.9 Å². The Bertz CT molecular complexity index is 1080. The van der Waals surface area contributed by atoms with E-state index in [2.05, 4.69) is 19.7 Å². The average Bonchev–Trinajstić information content (AvgIpc) is 3.35. The fraction of sp³-hybridized carbons (Fsp3) is 0.550. The first kappa shape index (κ1) is 16.5. The van der Waals surface area contributed by atoms with Crippen LogP contribution in [0.3, 0.4) is 0 Å². The first-order valence-electron chi connectivity index (χ1n) is 10.1. The van der Waals surface area contributed by atoms with Crippen LogP contribution in [0.1, 0.15) is 67.2 Å². The number of hydrogen-bond donors (Lipinski definition) is 3. The second-order valence-corrected chi connectivity index (χ2v) is 8.46. The zero-order valence-electron chi connectivity index (χ0n) is 15.5. The third-order valence-corrected chi connectivity index (χ3v) is 6.68. The van der Waals surface area contributed by atoms with Crippen LogP contribution in [-0.4, -0.2) is 36.5 Å². The molecule has 3 heterocycles. The summed E-state index contributed by atoms with van der Waals surface area (Å²) in [4.78, 5) is 8.80. The lowest BCUT2D eigenvalue weighted by atomic mass is 9.80. The molecule has 1 unspecified atom stereocenters. The van der Waals surface area contributed by atoms with Crippen molar-refractivity contribution in [2.45, 2.75) is 56.6 Å². The number of aliphatic hydroxyl groups excluding tert-OH is 2. The van der Waals surface area contributed by atoms with Crippen molar-refractivity contribution < 1.29 is 14.7 Å². The third-order valence-electron chi connectivity index (χ3n) is 6.68. The Hall–Kier alpha value is -2.45. The molecule has 28 heavy (non-hydrogen) atoms. The quantitative estimate of drug-likeness (QED) is 0.637. The van der Waals surface area contributed by atoms with Crippen LogP contribution in [-0.2, 0) is 6.42 Å². The molecule has 0 bridgehead atoms. The van der Waals surface area contributed by atoms with Crippen molar-refractivity contribution in [1.29, 1.82) is 0 Å². The maximum absolute atomic E-state index is 10.9. The van der Waals surface area contributed by atoms with Gasteiger partial charge in [0.25, 0.3) is 0 Å². The number of nitrogens with zero attached hydrogens (tertiary/aromatic N) is 4. The number of hydrogen-bond acceptors (Lipinski definition) is 7. The van der Waals surface area contributed by atoms with E-state index in [-0.39, 0.29) is 12.6 Å². The van der Waals surface area contributed by atoms with Gasteiger partial charge < -0.3 is 25.0 Å². The SMILES string of the molecule is Nc1ncnc2c1c1c(n2[C@H]2C[C@H](CO)C2)CCC(O)c2c-1noc2C1CC1. The summed E-state index contributed by atoms with van der Waals surface area (Å²) in [5, 5.41) is 25.6. The summed E-state index contributed by atoms with van der Waals surface area (Å²) >= 11 is 0. The van der Waals surface area contributed by atoms with E-state index in [0.717, 1.165) is 59.3 Å². The number of anilines is 1. The van der Waals surface area contributed by atoms with Gasteiger partial charge in [-0.25, -0.2) is 9.97 Å². The van der Waals surface area contributed by atoms with E-state index in [1.54, 1.807) is 0 Å². The molecular weight excluding hydrogens is 358 g/mol. The number of nitrogen functional groups attached to an aromatic ring is 1. The first-order chi connectivity index (χ1) is 13.7. The van der Waals surface area contributed by atoms with Gasteiger partial charge in [-0.2, -0.15) is 0 Å². The second kappa shape index (κ2) is 5.78. The van der Waals surface area contributed by atoms with Gasteiger partial charge >= 0.3 is 0 Å². The molecule has 0 spiro atoms. The molecule has 0 saturated heterocycles. The summed E-state index contributed by atoms with van der Waals surface area (Å²) in [6.45, 7) is 0.214. The lowest BCUT2D eigenvalue weighted by Crippen LogP contribution is -2.30. The molecule has 3 aliphatic carbocycles. The third kappa shape index (κ3) is 2.15. The first-order valence-corrected chi connectivity index (χ1v) is 10.1. The van der Waals surface area contributed by atoms with Crippen molar-refractivity contribution in [3.63, 3.8) is 0 Å². The molecule has 6 rings (SSSR count). The molecule has 2 fully saturated rings. The van der Waals surface area contributed by atoms with Gasteiger partial charge in [-0.15, -0.1) is 0 Å². The van der Waals surface area contributed by atoms with Crippen molar-refractivity contribution in [3.8, 4) is 11.3 Å². The minimum absolute atomic E-state index is 0.214. The Labute approximate surface area is 161 Å². The Balaban J connectivity index is 1.62. The molecule has 3 aliphatic rings. The summed E-state index contributed by atoms with van der Waals surface area (Å²) in [5.41, 5.74) is 10.7. The lowest BCUT2D eigenvalue weighted by Gasteiger charge is -2.36. The van der Waals surface area contributed by atoms with Crippen LogP contribution in [0.15, 0.2) is 10.9 Å². The minimum atomic E-state index is -0.592. The van der Waals surface area contributed by atoms with Crippen LogP contribution in [0.4, 0.5) is 5.82 Å². The van der Waals surface area contributed by atoms with Crippen LogP contribution in [0.25, 0.3) is 22.3 Å². The van der Waals surface area contributed by atoms with E-state index >= 15 is 0 Å². The molecule has 3 aromatic heterocycles. The largest absolute Gasteiger partial charge is 0.396 e. The summed E-state index contributed by atoms with van der Waals surface area (Å²) < 4.78 is 7.98. The van der Waals surface area contributed by atoms with Crippen LogP contribution in [0.5, 0.6) is 0 Å². The van der Waals surface area contributed by atoms with Gasteiger partial charge in [0, 0.05) is 29.8 Å². The number of aromatic nitrogens is 4. The summed E-state index contributed by atoms with van der Waals surface area (Å²) in [6, 6.07) is 0.270. The highest BCUT2D eigenvalue weighted by molar-refractivity contribution is 6.02. The highest BCUT2D eigenvalue weighted by Crippen LogP contribution is 2.52. The maximum atomic E-state index is 10.9. The van der Waals surface area contributed by atoms with Gasteiger partial charge in [0.2, 0.25) is 0 Å². The predicted octanol–water partition coefficient (Wildman–Crippen LogP) is 2.47. The zero-order valence-corrected chi connectivity index (χ0v) is 15.5. The topological polar surface area (TPSA) is 123 Å². The second-order valence-electron chi connectivity index (χ2n) is 8.46. The van der Waals surface area contributed by atoms with E-state index in [0.29, 0.717) is 36.2 Å². The van der Waals surface area contributed by atoms with Crippen molar-refractivity contribution in [3.05, 3.63) is 23.3 Å². The van der Waals surface area contributed by atoms with Crippen molar-refractivity contribution in [2.24, 2.45) is 5.92 Å². The minimum Gasteiger partial charge on any atom is -0.396 e. The molecule has 0 amide bonds. The number of rotatable bonds is 3.